The van der Waals surface area contributed by atoms with Crippen molar-refractivity contribution < 1.29 is 9.53 Å². The molecule has 1 aromatic carbocycles. The number of carbonyl (C=O) groups is 1. The lowest BCUT2D eigenvalue weighted by molar-refractivity contribution is -0.116. The van der Waals surface area contributed by atoms with Crippen LogP contribution in [0.3, 0.4) is 0 Å². The Hall–Kier alpha value is -0.260. The minimum atomic E-state index is -0.0230. The smallest absolute Gasteiger partial charge is 0.224 e. The van der Waals surface area contributed by atoms with E-state index in [1.54, 1.807) is 13.2 Å². The third-order valence-corrected chi connectivity index (χ3v) is 3.85. The van der Waals surface area contributed by atoms with Crippen LogP contribution in [0.15, 0.2) is 21.1 Å². The summed E-state index contributed by atoms with van der Waals surface area (Å²) in [4.78, 5) is 11.7. The van der Waals surface area contributed by atoms with E-state index in [9.17, 15) is 4.79 Å². The fraction of sp³-hybridized carbons (Fsp3) is 0.417. The lowest BCUT2D eigenvalue weighted by Gasteiger charge is -2.10. The van der Waals surface area contributed by atoms with Crippen LogP contribution < -0.4 is 10.1 Å². The molecule has 0 unspecified atom stereocenters. The summed E-state index contributed by atoms with van der Waals surface area (Å²) < 4.78 is 6.82. The molecule has 0 fully saturated rings. The van der Waals surface area contributed by atoms with Crippen LogP contribution in [-0.4, -0.2) is 18.9 Å². The van der Waals surface area contributed by atoms with Gasteiger partial charge in [0.25, 0.3) is 0 Å². The number of benzene rings is 1. The second-order valence-corrected chi connectivity index (χ2v) is 5.75. The predicted octanol–water partition coefficient (Wildman–Crippen LogP) is 4.57. The van der Waals surface area contributed by atoms with Crippen molar-refractivity contribution in [1.29, 1.82) is 0 Å². The van der Waals surface area contributed by atoms with Gasteiger partial charge >= 0.3 is 0 Å². The minimum Gasteiger partial charge on any atom is -0.495 e. The zero-order valence-corrected chi connectivity index (χ0v) is 13.9. The van der Waals surface area contributed by atoms with Crippen LogP contribution >= 0.6 is 43.5 Å². The largest absolute Gasteiger partial charge is 0.495 e. The molecule has 0 aliphatic heterocycles. The molecule has 18 heavy (non-hydrogen) atoms. The van der Waals surface area contributed by atoms with E-state index in [4.69, 9.17) is 16.3 Å². The van der Waals surface area contributed by atoms with E-state index in [2.05, 4.69) is 37.2 Å². The molecule has 0 aromatic heterocycles. The summed E-state index contributed by atoms with van der Waals surface area (Å²) in [6, 6.07) is 3.61. The monoisotopic (exact) mass is 397 g/mol. The molecular formula is C12H14Br2ClNO2. The predicted molar refractivity (Wildman–Crippen MR) is 81.6 cm³/mol. The first-order valence-corrected chi connectivity index (χ1v) is 7.59. The van der Waals surface area contributed by atoms with Gasteiger partial charge in [-0.25, -0.2) is 0 Å². The first-order valence-electron chi connectivity index (χ1n) is 5.47. The fourth-order valence-electron chi connectivity index (χ4n) is 1.37. The van der Waals surface area contributed by atoms with Gasteiger partial charge in [0.15, 0.2) is 0 Å². The van der Waals surface area contributed by atoms with Crippen molar-refractivity contribution in [2.45, 2.75) is 19.3 Å². The second-order valence-electron chi connectivity index (χ2n) is 3.66. The Morgan fingerprint density at radius 3 is 2.67 bits per heavy atom. The van der Waals surface area contributed by atoms with Gasteiger partial charge in [-0.15, -0.1) is 11.6 Å². The number of unbranched alkanes of at least 4 members (excludes halogenated alkanes) is 1. The Morgan fingerprint density at radius 1 is 1.33 bits per heavy atom. The van der Waals surface area contributed by atoms with Gasteiger partial charge in [0.2, 0.25) is 5.91 Å². The highest BCUT2D eigenvalue weighted by Crippen LogP contribution is 2.34. The summed E-state index contributed by atoms with van der Waals surface area (Å²) in [7, 11) is 1.58. The van der Waals surface area contributed by atoms with Gasteiger partial charge in [0.1, 0.15) is 5.75 Å². The molecule has 1 aromatic rings. The molecule has 1 amide bonds. The Bertz CT molecular complexity index is 427. The van der Waals surface area contributed by atoms with E-state index in [-0.39, 0.29) is 5.91 Å². The van der Waals surface area contributed by atoms with Crippen LogP contribution in [0, 0.1) is 0 Å². The molecule has 0 bridgehead atoms. The summed E-state index contributed by atoms with van der Waals surface area (Å²) in [5, 5.41) is 2.84. The molecule has 100 valence electrons. The number of carbonyl (C=O) groups excluding carboxylic acids is 1. The lowest BCUT2D eigenvalue weighted by Crippen LogP contribution is -2.11. The number of hydrogen-bond acceptors (Lipinski definition) is 2. The summed E-state index contributed by atoms with van der Waals surface area (Å²) in [5.41, 5.74) is 0.700. The molecule has 0 heterocycles. The van der Waals surface area contributed by atoms with Crippen LogP contribution in [-0.2, 0) is 4.79 Å². The number of hydrogen-bond donors (Lipinski definition) is 1. The van der Waals surface area contributed by atoms with Gasteiger partial charge in [-0.05, 0) is 50.8 Å². The number of rotatable bonds is 6. The maximum absolute atomic E-state index is 11.7. The highest BCUT2D eigenvalue weighted by molar-refractivity contribution is 9.11. The quantitative estimate of drug-likeness (QED) is 0.562. The summed E-state index contributed by atoms with van der Waals surface area (Å²) >= 11 is 12.3. The Balaban J connectivity index is 2.69. The minimum absolute atomic E-state index is 0.0230. The third-order valence-electron chi connectivity index (χ3n) is 2.30. The highest BCUT2D eigenvalue weighted by Gasteiger charge is 2.09. The zero-order valence-electron chi connectivity index (χ0n) is 9.93. The summed E-state index contributed by atoms with van der Waals surface area (Å²) in [6.07, 6.45) is 2.11. The Morgan fingerprint density at radius 2 is 2.06 bits per heavy atom. The molecule has 6 heteroatoms. The number of alkyl halides is 1. The number of nitrogens with one attached hydrogen (secondary N) is 1. The van der Waals surface area contributed by atoms with Gasteiger partial charge < -0.3 is 10.1 Å². The standard InChI is InChI=1S/C12H14Br2ClNO2/c1-18-11-7-10(8(13)6-9(11)14)16-12(17)4-2-3-5-15/h6-7H,2-5H2,1H3,(H,16,17). The molecule has 0 saturated heterocycles. The summed E-state index contributed by atoms with van der Waals surface area (Å²) in [5.74, 6) is 1.24. The van der Waals surface area contributed by atoms with Gasteiger partial charge in [-0.1, -0.05) is 0 Å². The average Bonchev–Trinajstić information content (AvgIpc) is 2.33. The van der Waals surface area contributed by atoms with Crippen molar-refractivity contribution in [2.75, 3.05) is 18.3 Å². The van der Waals surface area contributed by atoms with Crippen molar-refractivity contribution in [3.63, 3.8) is 0 Å². The number of ether oxygens (including phenoxy) is 1. The van der Waals surface area contributed by atoms with Crippen molar-refractivity contribution in [2.24, 2.45) is 0 Å². The third kappa shape index (κ3) is 4.78. The van der Waals surface area contributed by atoms with E-state index >= 15 is 0 Å². The molecule has 0 aliphatic carbocycles. The first-order chi connectivity index (χ1) is 8.58. The molecule has 3 nitrogen and oxygen atoms in total. The second kappa shape index (κ2) is 8.02. The van der Waals surface area contributed by atoms with Gasteiger partial charge in [-0.3, -0.25) is 4.79 Å². The molecular weight excluding hydrogens is 385 g/mol. The van der Waals surface area contributed by atoms with Crippen molar-refractivity contribution in [3.8, 4) is 5.75 Å². The SMILES string of the molecule is COc1cc(NC(=O)CCCCCl)c(Br)cc1Br. The molecule has 1 N–H and O–H groups in total. The zero-order chi connectivity index (χ0) is 13.5. The number of anilines is 1. The Kier molecular flexibility index (Phi) is 7.04. The number of halogens is 3. The Labute approximate surface area is 128 Å². The van der Waals surface area contributed by atoms with Crippen LogP contribution in [0.4, 0.5) is 5.69 Å². The first kappa shape index (κ1) is 15.8. The van der Waals surface area contributed by atoms with Gasteiger partial charge in [0.05, 0.1) is 17.3 Å². The average molecular weight is 400 g/mol. The van der Waals surface area contributed by atoms with E-state index in [1.165, 1.54) is 0 Å². The highest BCUT2D eigenvalue weighted by atomic mass is 79.9. The van der Waals surface area contributed by atoms with Crippen molar-refractivity contribution in [1.82, 2.24) is 0 Å². The summed E-state index contributed by atoms with van der Waals surface area (Å²) in [6.45, 7) is 0. The van der Waals surface area contributed by atoms with Crippen LogP contribution in [0.25, 0.3) is 0 Å². The van der Waals surface area contributed by atoms with Gasteiger partial charge in [-0.2, -0.15) is 0 Å². The number of methoxy groups -OCH3 is 1. The van der Waals surface area contributed by atoms with E-state index in [0.29, 0.717) is 23.7 Å². The molecule has 0 radical (unpaired) electrons. The van der Waals surface area contributed by atoms with Crippen LogP contribution in [0.2, 0.25) is 0 Å². The lowest BCUT2D eigenvalue weighted by atomic mass is 10.2. The molecule has 0 aliphatic rings. The maximum atomic E-state index is 11.7. The van der Waals surface area contributed by atoms with E-state index in [1.807, 2.05) is 6.07 Å². The number of amides is 1. The van der Waals surface area contributed by atoms with E-state index in [0.717, 1.165) is 21.8 Å². The fourth-order valence-corrected chi connectivity index (χ4v) is 2.82. The normalized spacial score (nSPS) is 10.2. The van der Waals surface area contributed by atoms with Crippen molar-refractivity contribution in [3.05, 3.63) is 21.1 Å². The molecule has 1 rings (SSSR count). The van der Waals surface area contributed by atoms with Crippen LogP contribution in [0.5, 0.6) is 5.75 Å². The van der Waals surface area contributed by atoms with Crippen molar-refractivity contribution >= 4 is 55.1 Å². The van der Waals surface area contributed by atoms with E-state index < -0.39 is 0 Å². The molecule has 0 saturated carbocycles. The maximum Gasteiger partial charge on any atom is 0.224 e. The molecule has 0 spiro atoms. The van der Waals surface area contributed by atoms with Gasteiger partial charge in [0, 0.05) is 22.8 Å². The molecule has 0 atom stereocenters. The topological polar surface area (TPSA) is 38.3 Å². The van der Waals surface area contributed by atoms with Crippen LogP contribution in [0.1, 0.15) is 19.3 Å².